The number of benzene rings is 1. The molecule has 0 radical (unpaired) electrons. The van der Waals surface area contributed by atoms with Crippen LogP contribution in [0.25, 0.3) is 0 Å². The van der Waals surface area contributed by atoms with Gasteiger partial charge in [-0.25, -0.2) is 0 Å². The lowest BCUT2D eigenvalue weighted by Gasteiger charge is -2.17. The van der Waals surface area contributed by atoms with Gasteiger partial charge in [0.25, 0.3) is 5.91 Å². The summed E-state index contributed by atoms with van der Waals surface area (Å²) in [6.07, 6.45) is 1.44. The zero-order valence-electron chi connectivity index (χ0n) is 15.3. The van der Waals surface area contributed by atoms with Crippen LogP contribution < -0.4 is 20.1 Å². The molecule has 0 saturated heterocycles. The molecule has 1 aromatic rings. The van der Waals surface area contributed by atoms with Gasteiger partial charge in [0.1, 0.15) is 11.6 Å². The predicted octanol–water partition coefficient (Wildman–Crippen LogP) is 1.98. The first-order valence-corrected chi connectivity index (χ1v) is 8.18. The fraction of sp³-hybridized carbons (Fsp3) is 0.444. The number of rotatable bonds is 10. The van der Waals surface area contributed by atoms with E-state index < -0.39 is 5.91 Å². The Morgan fingerprint density at radius 2 is 1.92 bits per heavy atom. The Labute approximate surface area is 149 Å². The topological polar surface area (TPSA) is 86.6 Å². The summed E-state index contributed by atoms with van der Waals surface area (Å²) < 4.78 is 10.3. The van der Waals surface area contributed by atoms with Crippen molar-refractivity contribution in [3.05, 3.63) is 30.0 Å². The van der Waals surface area contributed by atoms with Crippen LogP contribution in [0.5, 0.6) is 11.5 Å². The Balaban J connectivity index is 2.67. The molecule has 7 heteroatoms. The van der Waals surface area contributed by atoms with Crippen LogP contribution in [-0.2, 0) is 4.79 Å². The summed E-state index contributed by atoms with van der Waals surface area (Å²) in [5.74, 6) is 0.583. The van der Waals surface area contributed by atoms with E-state index in [4.69, 9.17) is 9.47 Å². The van der Waals surface area contributed by atoms with E-state index in [1.165, 1.54) is 20.4 Å². The predicted molar refractivity (Wildman–Crippen MR) is 97.7 cm³/mol. The molecule has 0 aromatic heterocycles. The normalized spacial score (nSPS) is 11.0. The molecule has 0 fully saturated rings. The van der Waals surface area contributed by atoms with E-state index in [0.717, 1.165) is 19.6 Å². The van der Waals surface area contributed by atoms with E-state index in [1.54, 1.807) is 18.2 Å². The average molecular weight is 346 g/mol. The van der Waals surface area contributed by atoms with Crippen molar-refractivity contribution in [2.45, 2.75) is 13.8 Å². The minimum atomic E-state index is -0.481. The molecule has 25 heavy (non-hydrogen) atoms. The van der Waals surface area contributed by atoms with Gasteiger partial charge in [-0.05, 0) is 25.2 Å². The van der Waals surface area contributed by atoms with Crippen molar-refractivity contribution in [1.82, 2.24) is 10.2 Å². The van der Waals surface area contributed by atoms with Crippen LogP contribution in [0.2, 0.25) is 0 Å². The largest absolute Gasteiger partial charge is 0.493 e. The Morgan fingerprint density at radius 1 is 1.24 bits per heavy atom. The maximum Gasteiger partial charge on any atom is 0.267 e. The molecule has 7 nitrogen and oxygen atoms in total. The zero-order chi connectivity index (χ0) is 18.7. The quantitative estimate of drug-likeness (QED) is 0.383. The Bertz CT molecular complexity index is 634. The first kappa shape index (κ1) is 20.3. The molecule has 136 valence electrons. The van der Waals surface area contributed by atoms with Crippen LogP contribution in [0.15, 0.2) is 30.0 Å². The van der Waals surface area contributed by atoms with Crippen LogP contribution in [0.3, 0.4) is 0 Å². The summed E-state index contributed by atoms with van der Waals surface area (Å²) in [6, 6.07) is 6.91. The van der Waals surface area contributed by atoms with E-state index in [-0.39, 0.29) is 5.57 Å². The standard InChI is InChI=1S/C18H26N4O3/c1-5-22(6-2)10-9-20-13-14(12-19)18(23)21-15-7-8-16(24-3)17(11-15)25-4/h7-8,11,13,20H,5-6,9-10H2,1-4H3,(H,21,23)/b14-13-. The van der Waals surface area contributed by atoms with Gasteiger partial charge < -0.3 is 25.0 Å². The molecule has 0 heterocycles. The molecule has 1 rings (SSSR count). The van der Waals surface area contributed by atoms with Crippen molar-refractivity contribution in [2.24, 2.45) is 0 Å². The number of anilines is 1. The van der Waals surface area contributed by atoms with E-state index in [1.807, 2.05) is 6.07 Å². The van der Waals surface area contributed by atoms with Gasteiger partial charge in [-0.3, -0.25) is 4.79 Å². The highest BCUT2D eigenvalue weighted by molar-refractivity contribution is 6.06. The van der Waals surface area contributed by atoms with Crippen molar-refractivity contribution in [1.29, 1.82) is 5.26 Å². The van der Waals surface area contributed by atoms with Gasteiger partial charge in [0.15, 0.2) is 11.5 Å². The molecule has 1 amide bonds. The molecule has 0 saturated carbocycles. The smallest absolute Gasteiger partial charge is 0.267 e. The third-order valence-electron chi connectivity index (χ3n) is 3.72. The second-order valence-corrected chi connectivity index (χ2v) is 5.17. The summed E-state index contributed by atoms with van der Waals surface area (Å²) in [7, 11) is 3.06. The van der Waals surface area contributed by atoms with Gasteiger partial charge >= 0.3 is 0 Å². The molecule has 2 N–H and O–H groups in total. The fourth-order valence-corrected chi connectivity index (χ4v) is 2.20. The Morgan fingerprint density at radius 3 is 2.48 bits per heavy atom. The third-order valence-corrected chi connectivity index (χ3v) is 3.72. The summed E-state index contributed by atoms with van der Waals surface area (Å²) in [6.45, 7) is 7.63. The van der Waals surface area contributed by atoms with Gasteiger partial charge in [0.05, 0.1) is 14.2 Å². The average Bonchev–Trinajstić information content (AvgIpc) is 2.64. The molecule has 0 bridgehead atoms. The molecular weight excluding hydrogens is 320 g/mol. The number of nitriles is 1. The lowest BCUT2D eigenvalue weighted by atomic mass is 10.2. The highest BCUT2D eigenvalue weighted by Crippen LogP contribution is 2.29. The van der Waals surface area contributed by atoms with Gasteiger partial charge in [0.2, 0.25) is 0 Å². The van der Waals surface area contributed by atoms with Crippen LogP contribution in [-0.4, -0.2) is 51.2 Å². The number of hydrogen-bond acceptors (Lipinski definition) is 6. The molecule has 0 aliphatic heterocycles. The van der Waals surface area contributed by atoms with Crippen molar-refractivity contribution in [3.8, 4) is 17.6 Å². The maximum absolute atomic E-state index is 12.2. The van der Waals surface area contributed by atoms with Crippen molar-refractivity contribution < 1.29 is 14.3 Å². The monoisotopic (exact) mass is 346 g/mol. The maximum atomic E-state index is 12.2. The number of amides is 1. The Kier molecular flexibility index (Phi) is 8.90. The number of nitrogens with zero attached hydrogens (tertiary/aromatic N) is 2. The molecule has 0 unspecified atom stereocenters. The first-order chi connectivity index (χ1) is 12.1. The van der Waals surface area contributed by atoms with Gasteiger partial charge in [-0.2, -0.15) is 5.26 Å². The number of ether oxygens (including phenoxy) is 2. The molecule has 1 aromatic carbocycles. The third kappa shape index (κ3) is 6.36. The Hall–Kier alpha value is -2.72. The highest BCUT2D eigenvalue weighted by atomic mass is 16.5. The molecule has 0 aliphatic carbocycles. The lowest BCUT2D eigenvalue weighted by Crippen LogP contribution is -2.30. The van der Waals surface area contributed by atoms with Crippen LogP contribution in [0.4, 0.5) is 5.69 Å². The number of hydrogen-bond donors (Lipinski definition) is 2. The van der Waals surface area contributed by atoms with Gasteiger partial charge in [-0.15, -0.1) is 0 Å². The SMILES string of the molecule is CCN(CC)CCN/C=C(/C#N)C(=O)Nc1ccc(OC)c(OC)c1. The van der Waals surface area contributed by atoms with Crippen LogP contribution in [0, 0.1) is 11.3 Å². The minimum Gasteiger partial charge on any atom is -0.493 e. The number of carbonyl (C=O) groups is 1. The second-order valence-electron chi connectivity index (χ2n) is 5.17. The van der Waals surface area contributed by atoms with E-state index >= 15 is 0 Å². The number of methoxy groups -OCH3 is 2. The van der Waals surface area contributed by atoms with Gasteiger partial charge in [0, 0.05) is 31.0 Å². The summed E-state index contributed by atoms with van der Waals surface area (Å²) in [5.41, 5.74) is 0.529. The number of likely N-dealkylation sites (N-methyl/N-ethyl adjacent to an activating group) is 1. The number of nitrogens with one attached hydrogen (secondary N) is 2. The van der Waals surface area contributed by atoms with Crippen LogP contribution >= 0.6 is 0 Å². The highest BCUT2D eigenvalue weighted by Gasteiger charge is 2.11. The van der Waals surface area contributed by atoms with Crippen molar-refractivity contribution >= 4 is 11.6 Å². The van der Waals surface area contributed by atoms with E-state index in [0.29, 0.717) is 23.7 Å². The molecular formula is C18H26N4O3. The summed E-state index contributed by atoms with van der Waals surface area (Å²) in [4.78, 5) is 14.5. The van der Waals surface area contributed by atoms with E-state index in [2.05, 4.69) is 29.4 Å². The minimum absolute atomic E-state index is 0.00864. The summed E-state index contributed by atoms with van der Waals surface area (Å²) >= 11 is 0. The zero-order valence-corrected chi connectivity index (χ0v) is 15.3. The van der Waals surface area contributed by atoms with E-state index in [9.17, 15) is 10.1 Å². The van der Waals surface area contributed by atoms with Crippen LogP contribution in [0.1, 0.15) is 13.8 Å². The molecule has 0 aliphatic rings. The summed E-state index contributed by atoms with van der Waals surface area (Å²) in [5, 5.41) is 14.9. The first-order valence-electron chi connectivity index (χ1n) is 8.18. The fourth-order valence-electron chi connectivity index (χ4n) is 2.20. The number of carbonyl (C=O) groups excluding carboxylic acids is 1. The second kappa shape index (κ2) is 10.9. The van der Waals surface area contributed by atoms with Gasteiger partial charge in [-0.1, -0.05) is 13.8 Å². The van der Waals surface area contributed by atoms with Crippen molar-refractivity contribution in [2.75, 3.05) is 45.7 Å². The lowest BCUT2D eigenvalue weighted by molar-refractivity contribution is -0.112. The molecule has 0 atom stereocenters. The molecule has 0 spiro atoms. The van der Waals surface area contributed by atoms with Crippen molar-refractivity contribution in [3.63, 3.8) is 0 Å².